The number of nitrogens with one attached hydrogen (secondary N) is 1. The maximum Gasteiger partial charge on any atom is 0.282 e. The zero-order valence-electron chi connectivity index (χ0n) is 10.8. The summed E-state index contributed by atoms with van der Waals surface area (Å²) in [5.74, 6) is 0.117. The number of alkyl halides is 2. The Morgan fingerprint density at radius 2 is 2.10 bits per heavy atom. The Bertz CT molecular complexity index is 759. The summed E-state index contributed by atoms with van der Waals surface area (Å²) in [6.45, 7) is 2.34. The quantitative estimate of drug-likeness (QED) is 0.773. The van der Waals surface area contributed by atoms with Gasteiger partial charge in [-0.1, -0.05) is 24.3 Å². The van der Waals surface area contributed by atoms with Crippen molar-refractivity contribution in [3.8, 4) is 0 Å². The minimum atomic E-state index is -2.68. The SMILES string of the molecule is Cc1ccccc1Cn1nc(C(F)F)c2c(N)[nH]nc21. The van der Waals surface area contributed by atoms with E-state index in [2.05, 4.69) is 15.3 Å². The van der Waals surface area contributed by atoms with Crippen LogP contribution in [0.25, 0.3) is 11.0 Å². The fourth-order valence-electron chi connectivity index (χ4n) is 2.22. The third-order valence-corrected chi connectivity index (χ3v) is 3.29. The Kier molecular flexibility index (Phi) is 2.89. The van der Waals surface area contributed by atoms with Crippen molar-refractivity contribution in [2.75, 3.05) is 5.73 Å². The lowest BCUT2D eigenvalue weighted by atomic mass is 10.1. The van der Waals surface area contributed by atoms with Crippen LogP contribution in [-0.2, 0) is 6.54 Å². The van der Waals surface area contributed by atoms with Crippen LogP contribution in [0.2, 0.25) is 0 Å². The number of hydrogen-bond acceptors (Lipinski definition) is 3. The first kappa shape index (κ1) is 12.6. The standard InChI is InChI=1S/C13H13F2N5/c1-7-4-2-3-5-8(7)6-20-13-9(12(16)17-18-13)10(19-20)11(14)15/h2-5,11H,6H2,1H3,(H3,16,17,18). The Morgan fingerprint density at radius 1 is 1.35 bits per heavy atom. The fraction of sp³-hybridized carbons (Fsp3) is 0.231. The minimum absolute atomic E-state index is 0.117. The summed E-state index contributed by atoms with van der Waals surface area (Å²) < 4.78 is 27.5. The van der Waals surface area contributed by atoms with E-state index in [9.17, 15) is 8.78 Å². The zero-order valence-corrected chi connectivity index (χ0v) is 10.8. The minimum Gasteiger partial charge on any atom is -0.383 e. The Labute approximate surface area is 113 Å². The maximum atomic E-state index is 13.0. The van der Waals surface area contributed by atoms with Gasteiger partial charge in [-0.05, 0) is 18.1 Å². The molecule has 0 bridgehead atoms. The summed E-state index contributed by atoms with van der Waals surface area (Å²) in [6, 6.07) is 7.72. The molecule has 3 rings (SSSR count). The van der Waals surface area contributed by atoms with E-state index in [1.165, 1.54) is 4.68 Å². The number of halogens is 2. The van der Waals surface area contributed by atoms with Crippen LogP contribution >= 0.6 is 0 Å². The van der Waals surface area contributed by atoms with Crippen LogP contribution in [0.3, 0.4) is 0 Å². The molecule has 3 aromatic rings. The third kappa shape index (κ3) is 1.91. The second-order valence-corrected chi connectivity index (χ2v) is 4.61. The number of aromatic amines is 1. The predicted octanol–water partition coefficient (Wildman–Crippen LogP) is 2.64. The van der Waals surface area contributed by atoms with E-state index in [0.717, 1.165) is 11.1 Å². The lowest BCUT2D eigenvalue weighted by Gasteiger charge is -2.05. The Hall–Kier alpha value is -2.44. The van der Waals surface area contributed by atoms with Gasteiger partial charge in [0.15, 0.2) is 5.65 Å². The van der Waals surface area contributed by atoms with Crippen molar-refractivity contribution in [2.45, 2.75) is 19.9 Å². The van der Waals surface area contributed by atoms with Crippen molar-refractivity contribution >= 4 is 16.9 Å². The van der Waals surface area contributed by atoms with Crippen molar-refractivity contribution in [2.24, 2.45) is 0 Å². The number of fused-ring (bicyclic) bond motifs is 1. The molecule has 20 heavy (non-hydrogen) atoms. The summed E-state index contributed by atoms with van der Waals surface area (Å²) >= 11 is 0. The van der Waals surface area contributed by atoms with Crippen LogP contribution in [0.4, 0.5) is 14.6 Å². The van der Waals surface area contributed by atoms with Crippen molar-refractivity contribution < 1.29 is 8.78 Å². The van der Waals surface area contributed by atoms with E-state index in [1.54, 1.807) is 0 Å². The van der Waals surface area contributed by atoms with Crippen molar-refractivity contribution in [3.63, 3.8) is 0 Å². The lowest BCUT2D eigenvalue weighted by molar-refractivity contribution is 0.146. The van der Waals surface area contributed by atoms with Gasteiger partial charge in [-0.2, -0.15) is 10.2 Å². The van der Waals surface area contributed by atoms with Crippen LogP contribution in [-0.4, -0.2) is 20.0 Å². The highest BCUT2D eigenvalue weighted by Gasteiger charge is 2.23. The predicted molar refractivity (Wildman–Crippen MR) is 71.5 cm³/mol. The van der Waals surface area contributed by atoms with Gasteiger partial charge in [0, 0.05) is 0 Å². The van der Waals surface area contributed by atoms with Crippen LogP contribution < -0.4 is 5.73 Å². The molecule has 5 nitrogen and oxygen atoms in total. The highest BCUT2D eigenvalue weighted by atomic mass is 19.3. The summed E-state index contributed by atoms with van der Waals surface area (Å²) in [6.07, 6.45) is -2.68. The number of anilines is 1. The summed E-state index contributed by atoms with van der Waals surface area (Å²) in [5.41, 5.74) is 7.73. The van der Waals surface area contributed by atoms with Crippen LogP contribution in [0, 0.1) is 6.92 Å². The molecule has 0 unspecified atom stereocenters. The summed E-state index contributed by atoms with van der Waals surface area (Å²) in [5, 5.41) is 10.6. The highest BCUT2D eigenvalue weighted by molar-refractivity contribution is 5.89. The van der Waals surface area contributed by atoms with Crippen LogP contribution in [0.1, 0.15) is 23.2 Å². The number of benzene rings is 1. The molecule has 0 spiro atoms. The summed E-state index contributed by atoms with van der Waals surface area (Å²) in [4.78, 5) is 0. The van der Waals surface area contributed by atoms with E-state index < -0.39 is 6.43 Å². The molecule has 3 N–H and O–H groups in total. The normalized spacial score (nSPS) is 11.6. The molecule has 104 valence electrons. The number of nitrogens with two attached hydrogens (primary N) is 1. The first-order valence-electron chi connectivity index (χ1n) is 6.11. The highest BCUT2D eigenvalue weighted by Crippen LogP contribution is 2.30. The van der Waals surface area contributed by atoms with Crippen LogP contribution in [0.15, 0.2) is 24.3 Å². The van der Waals surface area contributed by atoms with Gasteiger partial charge in [0.05, 0.1) is 11.9 Å². The lowest BCUT2D eigenvalue weighted by Crippen LogP contribution is -2.04. The molecular formula is C13H13F2N5. The fourth-order valence-corrected chi connectivity index (χ4v) is 2.22. The number of nitrogen functional groups attached to an aromatic ring is 1. The Balaban J connectivity index is 2.11. The zero-order chi connectivity index (χ0) is 14.3. The van der Waals surface area contributed by atoms with Gasteiger partial charge in [-0.15, -0.1) is 0 Å². The molecule has 7 heteroatoms. The van der Waals surface area contributed by atoms with Gasteiger partial charge in [-0.3, -0.25) is 5.10 Å². The molecule has 0 amide bonds. The second-order valence-electron chi connectivity index (χ2n) is 4.61. The number of hydrogen-bond donors (Lipinski definition) is 2. The largest absolute Gasteiger partial charge is 0.383 e. The molecule has 2 aromatic heterocycles. The average Bonchev–Trinajstić information content (AvgIpc) is 2.95. The molecule has 0 radical (unpaired) electrons. The van der Waals surface area contributed by atoms with Gasteiger partial charge in [0.1, 0.15) is 11.5 Å². The van der Waals surface area contributed by atoms with Crippen LogP contribution in [0.5, 0.6) is 0 Å². The van der Waals surface area contributed by atoms with E-state index in [1.807, 2.05) is 31.2 Å². The maximum absolute atomic E-state index is 13.0. The molecular weight excluding hydrogens is 264 g/mol. The second kappa shape index (κ2) is 4.59. The van der Waals surface area contributed by atoms with Crippen molar-refractivity contribution in [1.82, 2.24) is 20.0 Å². The molecule has 0 fully saturated rings. The van der Waals surface area contributed by atoms with Gasteiger partial charge < -0.3 is 5.73 Å². The monoisotopic (exact) mass is 277 g/mol. The van der Waals surface area contributed by atoms with Crippen molar-refractivity contribution in [1.29, 1.82) is 0 Å². The molecule has 0 saturated carbocycles. The molecule has 1 aromatic carbocycles. The number of nitrogens with zero attached hydrogens (tertiary/aromatic N) is 3. The number of aromatic nitrogens is 4. The Morgan fingerprint density at radius 3 is 2.80 bits per heavy atom. The number of aryl methyl sites for hydroxylation is 1. The molecule has 2 heterocycles. The van der Waals surface area contributed by atoms with E-state index >= 15 is 0 Å². The molecule has 0 atom stereocenters. The molecule has 0 aliphatic carbocycles. The van der Waals surface area contributed by atoms with Gasteiger partial charge in [0.25, 0.3) is 6.43 Å². The molecule has 0 aliphatic rings. The smallest absolute Gasteiger partial charge is 0.282 e. The topological polar surface area (TPSA) is 72.5 Å². The van der Waals surface area contributed by atoms with E-state index in [0.29, 0.717) is 12.2 Å². The van der Waals surface area contributed by atoms with E-state index in [-0.39, 0.29) is 16.9 Å². The first-order valence-corrected chi connectivity index (χ1v) is 6.11. The van der Waals surface area contributed by atoms with Gasteiger partial charge in [-0.25, -0.2) is 13.5 Å². The first-order chi connectivity index (χ1) is 9.58. The van der Waals surface area contributed by atoms with E-state index in [4.69, 9.17) is 5.73 Å². The molecule has 0 saturated heterocycles. The summed E-state index contributed by atoms with van der Waals surface area (Å²) in [7, 11) is 0. The van der Waals surface area contributed by atoms with Gasteiger partial charge in [0.2, 0.25) is 0 Å². The molecule has 0 aliphatic heterocycles. The average molecular weight is 277 g/mol. The number of rotatable bonds is 3. The van der Waals surface area contributed by atoms with Crippen molar-refractivity contribution in [3.05, 3.63) is 41.1 Å². The number of H-pyrrole nitrogens is 1. The van der Waals surface area contributed by atoms with Gasteiger partial charge >= 0.3 is 0 Å². The third-order valence-electron chi connectivity index (χ3n) is 3.29.